The summed E-state index contributed by atoms with van der Waals surface area (Å²) in [5.74, 6) is 1.91. The molecule has 1 aromatic rings. The smallest absolute Gasteiger partial charge is 0.203 e. The maximum atomic E-state index is 13.3. The average molecular weight is 387 g/mol. The van der Waals surface area contributed by atoms with Crippen LogP contribution in [-0.2, 0) is 9.84 Å². The summed E-state index contributed by atoms with van der Waals surface area (Å²) in [5.41, 5.74) is 1.07. The monoisotopic (exact) mass is 386 g/mol. The lowest BCUT2D eigenvalue weighted by Gasteiger charge is -2.37. The van der Waals surface area contributed by atoms with Crippen LogP contribution in [0.2, 0.25) is 0 Å². The fourth-order valence-corrected chi connectivity index (χ4v) is 6.99. The van der Waals surface area contributed by atoms with Gasteiger partial charge in [-0.15, -0.1) is 0 Å². The molecule has 0 saturated heterocycles. The average Bonchev–Trinajstić information content (AvgIpc) is 2.99. The summed E-state index contributed by atoms with van der Waals surface area (Å²) in [5, 5.41) is 0. The Morgan fingerprint density at radius 3 is 2.48 bits per heavy atom. The normalized spacial score (nSPS) is 26.5. The first-order valence-electron chi connectivity index (χ1n) is 10.5. The second-order valence-corrected chi connectivity index (χ2v) is 11.0. The van der Waals surface area contributed by atoms with Crippen LogP contribution in [0.15, 0.2) is 57.9 Å². The lowest BCUT2D eigenvalue weighted by molar-refractivity contribution is 0.227. The highest BCUT2D eigenvalue weighted by molar-refractivity contribution is 7.95. The first-order valence-corrected chi connectivity index (χ1v) is 12.0. The van der Waals surface area contributed by atoms with Gasteiger partial charge < -0.3 is 0 Å². The number of benzene rings is 1. The predicted molar refractivity (Wildman–Crippen MR) is 113 cm³/mol. The van der Waals surface area contributed by atoms with Crippen LogP contribution in [0, 0.1) is 23.2 Å². The molecule has 0 aromatic heterocycles. The van der Waals surface area contributed by atoms with Crippen LogP contribution in [0.4, 0.5) is 0 Å². The minimum Gasteiger partial charge on any atom is -0.219 e. The van der Waals surface area contributed by atoms with Gasteiger partial charge in [0.05, 0.1) is 9.80 Å². The second kappa shape index (κ2) is 7.95. The molecule has 0 radical (unpaired) electrons. The number of rotatable bonds is 7. The zero-order chi connectivity index (χ0) is 19.7. The van der Waals surface area contributed by atoms with Crippen molar-refractivity contribution in [3.63, 3.8) is 0 Å². The van der Waals surface area contributed by atoms with Gasteiger partial charge in [-0.05, 0) is 48.3 Å². The molecule has 0 unspecified atom stereocenters. The van der Waals surface area contributed by atoms with Gasteiger partial charge in [0.15, 0.2) is 0 Å². The van der Waals surface area contributed by atoms with Crippen molar-refractivity contribution < 1.29 is 8.42 Å². The summed E-state index contributed by atoms with van der Waals surface area (Å²) >= 11 is 0. The fourth-order valence-electron chi connectivity index (χ4n) is 5.23. The van der Waals surface area contributed by atoms with Gasteiger partial charge in [-0.2, -0.15) is 0 Å². The molecule has 3 heteroatoms. The molecule has 0 heterocycles. The third kappa shape index (κ3) is 3.94. The number of hydrogen-bond acceptors (Lipinski definition) is 2. The molecule has 148 valence electrons. The van der Waals surface area contributed by atoms with E-state index in [4.69, 9.17) is 0 Å². The van der Waals surface area contributed by atoms with E-state index in [-0.39, 0.29) is 5.41 Å². The molecule has 0 amide bonds. The SMILES string of the molecule is CC(C)CCC[C@@H](C)[C@H]1CCC2=C(S(=O)(=O)c3ccccc3)CC=C[C@@]21C. The Bertz CT molecular complexity index is 817. The maximum Gasteiger partial charge on any atom is 0.203 e. The largest absolute Gasteiger partial charge is 0.219 e. The van der Waals surface area contributed by atoms with Crippen LogP contribution in [0.1, 0.15) is 66.2 Å². The van der Waals surface area contributed by atoms with E-state index in [0.717, 1.165) is 18.8 Å². The van der Waals surface area contributed by atoms with Gasteiger partial charge in [-0.1, -0.05) is 77.3 Å². The zero-order valence-electron chi connectivity index (χ0n) is 17.2. The molecule has 2 aliphatic carbocycles. The van der Waals surface area contributed by atoms with Crippen molar-refractivity contribution in [2.45, 2.75) is 71.1 Å². The van der Waals surface area contributed by atoms with Gasteiger partial charge >= 0.3 is 0 Å². The highest BCUT2D eigenvalue weighted by atomic mass is 32.2. The van der Waals surface area contributed by atoms with Crippen molar-refractivity contribution in [2.75, 3.05) is 0 Å². The summed E-state index contributed by atoms with van der Waals surface area (Å²) in [4.78, 5) is 1.09. The second-order valence-electron chi connectivity index (χ2n) is 9.05. The lowest BCUT2D eigenvalue weighted by atomic mass is 9.69. The third-order valence-electron chi connectivity index (χ3n) is 6.74. The van der Waals surface area contributed by atoms with E-state index in [1.807, 2.05) is 18.2 Å². The fraction of sp³-hybridized carbons (Fsp3) is 0.583. The summed E-state index contributed by atoms with van der Waals surface area (Å²) in [6.45, 7) is 9.21. The van der Waals surface area contributed by atoms with Gasteiger partial charge in [0.2, 0.25) is 9.84 Å². The van der Waals surface area contributed by atoms with E-state index in [9.17, 15) is 8.42 Å². The molecule has 0 spiro atoms. The van der Waals surface area contributed by atoms with E-state index < -0.39 is 9.84 Å². The van der Waals surface area contributed by atoms with Gasteiger partial charge in [-0.3, -0.25) is 0 Å². The van der Waals surface area contributed by atoms with E-state index in [0.29, 0.717) is 28.1 Å². The molecular formula is C24H34O2S. The zero-order valence-corrected chi connectivity index (χ0v) is 18.1. The molecule has 1 saturated carbocycles. The van der Waals surface area contributed by atoms with Gasteiger partial charge in [0.1, 0.15) is 0 Å². The standard InChI is InChI=1S/C24H34O2S/c1-18(2)10-8-11-19(3)21-15-16-22-23(14-9-17-24(21,22)4)27(25,26)20-12-6-5-7-13-20/h5-7,9,12-13,17-19,21H,8,10-11,14-16H2,1-4H3/t19-,21-,24-/m1/s1. The predicted octanol–water partition coefficient (Wildman–Crippen LogP) is 6.55. The van der Waals surface area contributed by atoms with Crippen LogP contribution in [-0.4, -0.2) is 8.42 Å². The molecule has 3 atom stereocenters. The van der Waals surface area contributed by atoms with E-state index in [1.54, 1.807) is 12.1 Å². The summed E-state index contributed by atoms with van der Waals surface area (Å²) < 4.78 is 26.6. The van der Waals surface area contributed by atoms with E-state index >= 15 is 0 Å². The molecule has 1 aromatic carbocycles. The summed E-state index contributed by atoms with van der Waals surface area (Å²) in [6.07, 6.45) is 10.7. The molecule has 2 nitrogen and oxygen atoms in total. The van der Waals surface area contributed by atoms with Crippen molar-refractivity contribution >= 4 is 9.84 Å². The highest BCUT2D eigenvalue weighted by Gasteiger charge is 2.47. The molecule has 0 bridgehead atoms. The van der Waals surface area contributed by atoms with Crippen LogP contribution in [0.25, 0.3) is 0 Å². The Morgan fingerprint density at radius 2 is 1.81 bits per heavy atom. The molecule has 0 aliphatic heterocycles. The van der Waals surface area contributed by atoms with Crippen molar-refractivity contribution in [1.29, 1.82) is 0 Å². The molecular weight excluding hydrogens is 352 g/mol. The van der Waals surface area contributed by atoms with E-state index in [2.05, 4.69) is 39.8 Å². The number of hydrogen-bond donors (Lipinski definition) is 0. The summed E-state index contributed by atoms with van der Waals surface area (Å²) in [6, 6.07) is 8.93. The maximum absolute atomic E-state index is 13.3. The third-order valence-corrected chi connectivity index (χ3v) is 8.69. The van der Waals surface area contributed by atoms with Crippen LogP contribution in [0.5, 0.6) is 0 Å². The Labute approximate surface area is 165 Å². The Balaban J connectivity index is 1.89. The van der Waals surface area contributed by atoms with E-state index in [1.165, 1.54) is 24.8 Å². The molecule has 2 aliphatic rings. The first-order chi connectivity index (χ1) is 12.8. The van der Waals surface area contributed by atoms with Crippen LogP contribution >= 0.6 is 0 Å². The Hall–Kier alpha value is -1.35. The van der Waals surface area contributed by atoms with Crippen molar-refractivity contribution in [3.8, 4) is 0 Å². The first kappa shape index (κ1) is 20.4. The minimum atomic E-state index is -3.40. The minimum absolute atomic E-state index is 0.104. The topological polar surface area (TPSA) is 34.1 Å². The van der Waals surface area contributed by atoms with Crippen LogP contribution < -0.4 is 0 Å². The number of sulfone groups is 1. The van der Waals surface area contributed by atoms with Crippen LogP contribution in [0.3, 0.4) is 0 Å². The number of allylic oxidation sites excluding steroid dienone is 4. The van der Waals surface area contributed by atoms with Crippen molar-refractivity contribution in [3.05, 3.63) is 53.0 Å². The molecule has 1 fully saturated rings. The Kier molecular flexibility index (Phi) is 6.00. The van der Waals surface area contributed by atoms with Crippen molar-refractivity contribution in [2.24, 2.45) is 23.2 Å². The highest BCUT2D eigenvalue weighted by Crippen LogP contribution is 2.56. The summed E-state index contributed by atoms with van der Waals surface area (Å²) in [7, 11) is -3.40. The number of fused-ring (bicyclic) bond motifs is 1. The van der Waals surface area contributed by atoms with Gasteiger partial charge in [0.25, 0.3) is 0 Å². The van der Waals surface area contributed by atoms with Crippen molar-refractivity contribution in [1.82, 2.24) is 0 Å². The quantitative estimate of drug-likeness (QED) is 0.498. The lowest BCUT2D eigenvalue weighted by Crippen LogP contribution is -2.29. The van der Waals surface area contributed by atoms with Gasteiger partial charge in [0, 0.05) is 11.8 Å². The molecule has 27 heavy (non-hydrogen) atoms. The molecule has 3 rings (SSSR count). The van der Waals surface area contributed by atoms with Gasteiger partial charge in [-0.25, -0.2) is 8.42 Å². The Morgan fingerprint density at radius 1 is 1.11 bits per heavy atom. The molecule has 0 N–H and O–H groups in total.